The molecule has 0 radical (unpaired) electrons. The van der Waals surface area contributed by atoms with E-state index in [1.807, 2.05) is 11.8 Å². The molecule has 1 N–H and O–H groups in total. The summed E-state index contributed by atoms with van der Waals surface area (Å²) in [6.45, 7) is 16.6. The summed E-state index contributed by atoms with van der Waals surface area (Å²) >= 11 is 1.68. The van der Waals surface area contributed by atoms with Crippen molar-refractivity contribution in [2.45, 2.75) is 91.0 Å². The van der Waals surface area contributed by atoms with Crippen LogP contribution in [0.3, 0.4) is 0 Å². The number of carboxylic acid groups (broad SMARTS) is 1. The lowest BCUT2D eigenvalue weighted by molar-refractivity contribution is -0.136. The van der Waals surface area contributed by atoms with E-state index in [1.165, 1.54) is 11.1 Å². The first kappa shape index (κ1) is 29.8. The molecule has 2 aromatic heterocycles. The molecule has 1 saturated heterocycles. The molecular formula is C31H42N4O4S. The highest BCUT2D eigenvalue weighted by atomic mass is 32.1. The molecule has 1 amide bonds. The number of nitrogens with zero attached hydrogens (tertiary/aromatic N) is 4. The van der Waals surface area contributed by atoms with Gasteiger partial charge in [0.1, 0.15) is 17.3 Å². The van der Waals surface area contributed by atoms with E-state index in [-0.39, 0.29) is 29.7 Å². The van der Waals surface area contributed by atoms with Gasteiger partial charge in [0.25, 0.3) is 0 Å². The first-order valence-electron chi connectivity index (χ1n) is 13.9. The van der Waals surface area contributed by atoms with Gasteiger partial charge in [-0.1, -0.05) is 41.5 Å². The van der Waals surface area contributed by atoms with Crippen molar-refractivity contribution >= 4 is 23.2 Å². The van der Waals surface area contributed by atoms with Gasteiger partial charge in [0, 0.05) is 47.3 Å². The molecule has 1 aliphatic heterocycles. The van der Waals surface area contributed by atoms with Crippen molar-refractivity contribution in [3.63, 3.8) is 0 Å². The Labute approximate surface area is 241 Å². The van der Waals surface area contributed by atoms with Gasteiger partial charge in [0.15, 0.2) is 0 Å². The molecule has 0 bridgehead atoms. The monoisotopic (exact) mass is 566 g/mol. The number of carbonyl (C=O) groups excluding carboxylic acids is 1. The molecule has 0 atom stereocenters. The Balaban J connectivity index is 1.46. The molecule has 216 valence electrons. The third kappa shape index (κ3) is 6.57. The van der Waals surface area contributed by atoms with E-state index in [0.717, 1.165) is 40.4 Å². The number of hydrogen-bond acceptors (Lipinski definition) is 6. The van der Waals surface area contributed by atoms with Crippen LogP contribution in [0.25, 0.3) is 10.6 Å². The number of hydrogen-bond donors (Lipinski definition) is 1. The summed E-state index contributed by atoms with van der Waals surface area (Å²) in [4.78, 5) is 30.9. The molecule has 1 aromatic carbocycles. The van der Waals surface area contributed by atoms with Crippen LogP contribution in [0.2, 0.25) is 0 Å². The summed E-state index contributed by atoms with van der Waals surface area (Å²) in [7, 11) is 1.75. The maximum atomic E-state index is 12.9. The second-order valence-corrected chi connectivity index (χ2v) is 13.7. The van der Waals surface area contributed by atoms with Gasteiger partial charge < -0.3 is 14.7 Å². The fraction of sp³-hybridized carbons (Fsp3) is 0.548. The Morgan fingerprint density at radius 1 is 1.07 bits per heavy atom. The zero-order valence-corrected chi connectivity index (χ0v) is 25.8. The average molecular weight is 567 g/mol. The summed E-state index contributed by atoms with van der Waals surface area (Å²) in [6.07, 6.45) is 3.33. The number of rotatable bonds is 7. The number of carboxylic acids is 1. The number of likely N-dealkylation sites (tertiary alicyclic amines) is 1. The number of piperidine rings is 1. The van der Waals surface area contributed by atoms with E-state index < -0.39 is 5.97 Å². The van der Waals surface area contributed by atoms with Crippen molar-refractivity contribution in [2.75, 3.05) is 20.2 Å². The van der Waals surface area contributed by atoms with Crippen LogP contribution >= 0.6 is 11.3 Å². The van der Waals surface area contributed by atoms with E-state index >= 15 is 0 Å². The van der Waals surface area contributed by atoms with Crippen LogP contribution in [0, 0.1) is 6.92 Å². The predicted molar refractivity (Wildman–Crippen MR) is 158 cm³/mol. The van der Waals surface area contributed by atoms with Crippen LogP contribution in [-0.2, 0) is 33.4 Å². The second kappa shape index (κ2) is 11.4. The number of aryl methyl sites for hydroxylation is 1. The zero-order valence-electron chi connectivity index (χ0n) is 25.0. The molecule has 8 nitrogen and oxygen atoms in total. The Morgan fingerprint density at radius 2 is 1.68 bits per heavy atom. The number of amides is 1. The summed E-state index contributed by atoms with van der Waals surface area (Å²) in [6, 6.07) is 4.47. The first-order valence-corrected chi connectivity index (χ1v) is 14.8. The van der Waals surface area contributed by atoms with Crippen LogP contribution in [0.5, 0.6) is 5.75 Å². The molecule has 1 fully saturated rings. The lowest BCUT2D eigenvalue weighted by Crippen LogP contribution is -2.39. The molecule has 0 aliphatic carbocycles. The van der Waals surface area contributed by atoms with E-state index in [4.69, 9.17) is 14.8 Å². The Bertz CT molecular complexity index is 1350. The summed E-state index contributed by atoms with van der Waals surface area (Å²) in [5.41, 5.74) is 5.72. The normalized spacial score (nSPS) is 14.9. The SMILES string of the molecule is COc1c(C(C)(C)C)cc(-c2nc(C3CCN(C(=O)Cn4cc(C)c(CC(=O)O)n4)CC3)cs2)cc1C(C)(C)C. The number of aromatic nitrogens is 3. The largest absolute Gasteiger partial charge is 0.496 e. The van der Waals surface area contributed by atoms with Crippen molar-refractivity contribution in [2.24, 2.45) is 0 Å². The Hall–Kier alpha value is -3.20. The molecule has 4 rings (SSSR count). The van der Waals surface area contributed by atoms with Crippen molar-refractivity contribution in [1.82, 2.24) is 19.7 Å². The lowest BCUT2D eigenvalue weighted by Gasteiger charge is -2.31. The van der Waals surface area contributed by atoms with Crippen LogP contribution in [-0.4, -0.2) is 56.8 Å². The van der Waals surface area contributed by atoms with Crippen LogP contribution < -0.4 is 4.74 Å². The van der Waals surface area contributed by atoms with Gasteiger partial charge >= 0.3 is 5.97 Å². The summed E-state index contributed by atoms with van der Waals surface area (Å²) < 4.78 is 7.49. The zero-order chi connectivity index (χ0) is 29.4. The second-order valence-electron chi connectivity index (χ2n) is 12.9. The van der Waals surface area contributed by atoms with Crippen molar-refractivity contribution in [1.29, 1.82) is 0 Å². The van der Waals surface area contributed by atoms with Gasteiger partial charge in [-0.15, -0.1) is 11.3 Å². The number of methoxy groups -OCH3 is 1. The van der Waals surface area contributed by atoms with Crippen LogP contribution in [0.15, 0.2) is 23.7 Å². The molecule has 40 heavy (non-hydrogen) atoms. The van der Waals surface area contributed by atoms with Crippen molar-refractivity contribution in [3.8, 4) is 16.3 Å². The molecule has 0 unspecified atom stereocenters. The highest BCUT2D eigenvalue weighted by Crippen LogP contribution is 2.43. The number of carbonyl (C=O) groups is 2. The number of benzene rings is 1. The third-order valence-corrected chi connectivity index (χ3v) is 8.52. The third-order valence-electron chi connectivity index (χ3n) is 7.61. The van der Waals surface area contributed by atoms with Crippen molar-refractivity contribution < 1.29 is 19.4 Å². The number of thiazole rings is 1. The standard InChI is InChI=1S/C31H42N4O4S/c1-19-16-35(33-24(19)15-27(37)38)17-26(36)34-11-9-20(10-12-34)25-18-40-29(32-25)21-13-22(30(2,3)4)28(39-8)23(14-21)31(5,6)7/h13-14,16,18,20H,9-12,15,17H2,1-8H3,(H,37,38). The minimum Gasteiger partial charge on any atom is -0.496 e. The Kier molecular flexibility index (Phi) is 8.45. The minimum absolute atomic E-state index is 0.00411. The minimum atomic E-state index is -0.928. The predicted octanol–water partition coefficient (Wildman–Crippen LogP) is 5.95. The van der Waals surface area contributed by atoms with Crippen LogP contribution in [0.1, 0.15) is 88.4 Å². The quantitative estimate of drug-likeness (QED) is 0.379. The smallest absolute Gasteiger partial charge is 0.309 e. The fourth-order valence-corrected chi connectivity index (χ4v) is 6.21. The maximum Gasteiger partial charge on any atom is 0.309 e. The average Bonchev–Trinajstić information content (AvgIpc) is 3.49. The molecular weight excluding hydrogens is 524 g/mol. The van der Waals surface area contributed by atoms with Gasteiger partial charge in [0.2, 0.25) is 5.91 Å². The number of ether oxygens (including phenoxy) is 1. The first-order chi connectivity index (χ1) is 18.7. The molecule has 0 saturated carbocycles. The highest BCUT2D eigenvalue weighted by molar-refractivity contribution is 7.13. The molecule has 9 heteroatoms. The maximum absolute atomic E-state index is 12.9. The number of aliphatic carboxylic acids is 1. The Morgan fingerprint density at radius 3 is 2.20 bits per heavy atom. The highest BCUT2D eigenvalue weighted by Gasteiger charge is 2.29. The fourth-order valence-electron chi connectivity index (χ4n) is 5.32. The van der Waals surface area contributed by atoms with Gasteiger partial charge in [-0.05, 0) is 48.3 Å². The van der Waals surface area contributed by atoms with Crippen LogP contribution in [0.4, 0.5) is 0 Å². The topological polar surface area (TPSA) is 97.6 Å². The van der Waals surface area contributed by atoms with Gasteiger partial charge in [0.05, 0.1) is 24.9 Å². The van der Waals surface area contributed by atoms with Gasteiger partial charge in [-0.3, -0.25) is 14.3 Å². The van der Waals surface area contributed by atoms with Crippen molar-refractivity contribution in [3.05, 3.63) is 51.8 Å². The van der Waals surface area contributed by atoms with Gasteiger partial charge in [-0.25, -0.2) is 4.98 Å². The molecule has 0 spiro atoms. The van der Waals surface area contributed by atoms with E-state index in [2.05, 4.69) is 64.2 Å². The molecule has 1 aliphatic rings. The van der Waals surface area contributed by atoms with E-state index in [0.29, 0.717) is 24.7 Å². The summed E-state index contributed by atoms with van der Waals surface area (Å²) in [5.74, 6) is 0.346. The van der Waals surface area contributed by atoms with Gasteiger partial charge in [-0.2, -0.15) is 5.10 Å². The molecule has 3 aromatic rings. The summed E-state index contributed by atoms with van der Waals surface area (Å²) in [5, 5.41) is 16.5. The van der Waals surface area contributed by atoms with E-state index in [9.17, 15) is 9.59 Å². The lowest BCUT2D eigenvalue weighted by atomic mass is 9.78. The molecule has 3 heterocycles. The van der Waals surface area contributed by atoms with E-state index in [1.54, 1.807) is 29.3 Å².